The van der Waals surface area contributed by atoms with Crippen LogP contribution in [0.1, 0.15) is 19.8 Å². The summed E-state index contributed by atoms with van der Waals surface area (Å²) in [7, 11) is 0. The van der Waals surface area contributed by atoms with Crippen molar-refractivity contribution >= 4 is 11.8 Å². The van der Waals surface area contributed by atoms with Gasteiger partial charge < -0.3 is 5.73 Å². The number of halogens is 1. The molecule has 1 unspecified atom stereocenters. The van der Waals surface area contributed by atoms with Gasteiger partial charge in [0.2, 0.25) is 0 Å². The molecule has 1 aromatic rings. The summed E-state index contributed by atoms with van der Waals surface area (Å²) in [6.45, 7) is 1.83. The van der Waals surface area contributed by atoms with Crippen LogP contribution in [0.5, 0.6) is 0 Å². The molecule has 0 aliphatic carbocycles. The Morgan fingerprint density at radius 3 is 2.69 bits per heavy atom. The molecule has 0 saturated heterocycles. The van der Waals surface area contributed by atoms with Crippen LogP contribution in [-0.2, 0) is 0 Å². The third-order valence-corrected chi connectivity index (χ3v) is 3.29. The molecule has 0 amide bonds. The highest BCUT2D eigenvalue weighted by atomic mass is 32.2. The Labute approximate surface area is 101 Å². The Kier molecular flexibility index (Phi) is 5.99. The summed E-state index contributed by atoms with van der Waals surface area (Å²) < 4.78 is 12.6. The summed E-state index contributed by atoms with van der Waals surface area (Å²) in [5.41, 5.74) is 5.93. The number of thioether (sulfide) groups is 1. The summed E-state index contributed by atoms with van der Waals surface area (Å²) >= 11 is 1.66. The Balaban J connectivity index is 2.27. The lowest BCUT2D eigenvalue weighted by molar-refractivity contribution is 0.626. The van der Waals surface area contributed by atoms with Gasteiger partial charge in [-0.25, -0.2) is 4.39 Å². The zero-order valence-electron chi connectivity index (χ0n) is 9.37. The van der Waals surface area contributed by atoms with Gasteiger partial charge in [0.1, 0.15) is 5.82 Å². The summed E-state index contributed by atoms with van der Waals surface area (Å²) in [5, 5.41) is 0. The van der Waals surface area contributed by atoms with Crippen molar-refractivity contribution in [2.24, 2.45) is 5.73 Å². The fourth-order valence-corrected chi connectivity index (χ4v) is 2.10. The monoisotopic (exact) mass is 237 g/mol. The third kappa shape index (κ3) is 5.20. The molecule has 0 spiro atoms. The van der Waals surface area contributed by atoms with Gasteiger partial charge in [0, 0.05) is 23.1 Å². The van der Waals surface area contributed by atoms with E-state index in [0.29, 0.717) is 0 Å². The third-order valence-electron chi connectivity index (χ3n) is 2.09. The van der Waals surface area contributed by atoms with E-state index < -0.39 is 0 Å². The first-order chi connectivity index (χ1) is 7.72. The van der Waals surface area contributed by atoms with E-state index >= 15 is 0 Å². The maximum absolute atomic E-state index is 12.6. The van der Waals surface area contributed by atoms with Gasteiger partial charge in [-0.15, -0.1) is 23.6 Å². The SMILES string of the molecule is CC#CCCC(N)CSc1ccc(F)cc1. The number of nitrogens with two attached hydrogens (primary N) is 1. The topological polar surface area (TPSA) is 26.0 Å². The molecule has 0 aliphatic heterocycles. The molecule has 1 rings (SSSR count). The van der Waals surface area contributed by atoms with Crippen molar-refractivity contribution in [1.29, 1.82) is 0 Å². The van der Waals surface area contributed by atoms with E-state index in [0.717, 1.165) is 23.5 Å². The van der Waals surface area contributed by atoms with Crippen molar-refractivity contribution < 1.29 is 4.39 Å². The van der Waals surface area contributed by atoms with Crippen LogP contribution >= 0.6 is 11.8 Å². The van der Waals surface area contributed by atoms with Crippen molar-refractivity contribution in [2.45, 2.75) is 30.7 Å². The fraction of sp³-hybridized carbons (Fsp3) is 0.385. The Bertz CT molecular complexity index is 364. The average Bonchev–Trinajstić information content (AvgIpc) is 2.29. The van der Waals surface area contributed by atoms with E-state index in [1.807, 2.05) is 6.92 Å². The lowest BCUT2D eigenvalue weighted by Gasteiger charge is -2.08. The van der Waals surface area contributed by atoms with Crippen LogP contribution in [0.15, 0.2) is 29.2 Å². The van der Waals surface area contributed by atoms with E-state index in [2.05, 4.69) is 11.8 Å². The van der Waals surface area contributed by atoms with Gasteiger partial charge in [-0.05, 0) is 37.6 Å². The van der Waals surface area contributed by atoms with Gasteiger partial charge in [0.05, 0.1) is 0 Å². The molecule has 0 aromatic heterocycles. The second-order valence-electron chi connectivity index (χ2n) is 3.49. The predicted molar refractivity (Wildman–Crippen MR) is 67.8 cm³/mol. The van der Waals surface area contributed by atoms with Crippen molar-refractivity contribution in [3.8, 4) is 11.8 Å². The minimum atomic E-state index is -0.202. The summed E-state index contributed by atoms with van der Waals surface area (Å²) in [5.74, 6) is 6.49. The Morgan fingerprint density at radius 2 is 2.06 bits per heavy atom. The highest BCUT2D eigenvalue weighted by Crippen LogP contribution is 2.19. The molecule has 86 valence electrons. The number of rotatable bonds is 5. The van der Waals surface area contributed by atoms with Crippen LogP contribution in [0.4, 0.5) is 4.39 Å². The molecule has 3 heteroatoms. The highest BCUT2D eigenvalue weighted by molar-refractivity contribution is 7.99. The molecule has 0 saturated carbocycles. The van der Waals surface area contributed by atoms with Crippen LogP contribution in [0.2, 0.25) is 0 Å². The summed E-state index contributed by atoms with van der Waals surface area (Å²) in [6.07, 6.45) is 1.76. The van der Waals surface area contributed by atoms with Crippen LogP contribution in [0, 0.1) is 17.7 Å². The molecule has 0 bridgehead atoms. The molecule has 1 nitrogen and oxygen atoms in total. The lowest BCUT2D eigenvalue weighted by atomic mass is 10.2. The molecule has 0 radical (unpaired) electrons. The molecular formula is C13H16FNS. The summed E-state index contributed by atoms with van der Waals surface area (Å²) in [4.78, 5) is 1.05. The second-order valence-corrected chi connectivity index (χ2v) is 4.58. The predicted octanol–water partition coefficient (Wildman–Crippen LogP) is 3.05. The quantitative estimate of drug-likeness (QED) is 0.629. The van der Waals surface area contributed by atoms with E-state index in [9.17, 15) is 4.39 Å². The van der Waals surface area contributed by atoms with Crippen LogP contribution in [-0.4, -0.2) is 11.8 Å². The molecule has 1 atom stereocenters. The van der Waals surface area contributed by atoms with Gasteiger partial charge in [0.15, 0.2) is 0 Å². The van der Waals surface area contributed by atoms with Crippen molar-refractivity contribution in [2.75, 3.05) is 5.75 Å². The van der Waals surface area contributed by atoms with Crippen molar-refractivity contribution in [3.05, 3.63) is 30.1 Å². The summed E-state index contributed by atoms with van der Waals surface area (Å²) in [6, 6.07) is 6.64. The Hall–Kier alpha value is -0.980. The number of benzene rings is 1. The molecule has 0 heterocycles. The molecule has 0 aliphatic rings. The van der Waals surface area contributed by atoms with E-state index in [4.69, 9.17) is 5.73 Å². The smallest absolute Gasteiger partial charge is 0.123 e. The van der Waals surface area contributed by atoms with Gasteiger partial charge >= 0.3 is 0 Å². The molecule has 1 aromatic carbocycles. The van der Waals surface area contributed by atoms with Gasteiger partial charge in [-0.3, -0.25) is 0 Å². The van der Waals surface area contributed by atoms with Crippen LogP contribution in [0.3, 0.4) is 0 Å². The largest absolute Gasteiger partial charge is 0.327 e. The minimum absolute atomic E-state index is 0.149. The minimum Gasteiger partial charge on any atom is -0.327 e. The first kappa shape index (κ1) is 13.1. The molecule has 0 fully saturated rings. The fourth-order valence-electron chi connectivity index (χ4n) is 1.20. The lowest BCUT2D eigenvalue weighted by Crippen LogP contribution is -2.22. The standard InChI is InChI=1S/C13H16FNS/c1-2-3-4-5-12(15)10-16-13-8-6-11(14)7-9-13/h6-9,12H,4-5,10,15H2,1H3. The van der Waals surface area contributed by atoms with E-state index in [1.54, 1.807) is 23.9 Å². The maximum atomic E-state index is 12.6. The van der Waals surface area contributed by atoms with Crippen LogP contribution in [0.25, 0.3) is 0 Å². The molecule has 16 heavy (non-hydrogen) atoms. The average molecular weight is 237 g/mol. The van der Waals surface area contributed by atoms with Gasteiger partial charge in [0.25, 0.3) is 0 Å². The maximum Gasteiger partial charge on any atom is 0.123 e. The first-order valence-corrected chi connectivity index (χ1v) is 6.24. The van der Waals surface area contributed by atoms with E-state index in [1.165, 1.54) is 12.1 Å². The molecular weight excluding hydrogens is 221 g/mol. The van der Waals surface area contributed by atoms with Crippen molar-refractivity contribution in [1.82, 2.24) is 0 Å². The zero-order valence-corrected chi connectivity index (χ0v) is 10.2. The normalized spacial score (nSPS) is 11.7. The van der Waals surface area contributed by atoms with Gasteiger partial charge in [-0.1, -0.05) is 0 Å². The number of hydrogen-bond acceptors (Lipinski definition) is 2. The highest BCUT2D eigenvalue weighted by Gasteiger charge is 2.02. The van der Waals surface area contributed by atoms with E-state index in [-0.39, 0.29) is 11.9 Å². The number of hydrogen-bond donors (Lipinski definition) is 1. The van der Waals surface area contributed by atoms with Gasteiger partial charge in [-0.2, -0.15) is 0 Å². The first-order valence-electron chi connectivity index (χ1n) is 5.26. The Morgan fingerprint density at radius 1 is 1.38 bits per heavy atom. The van der Waals surface area contributed by atoms with Crippen LogP contribution < -0.4 is 5.73 Å². The zero-order chi connectivity index (χ0) is 11.8. The molecule has 2 N–H and O–H groups in total. The van der Waals surface area contributed by atoms with Crippen molar-refractivity contribution in [3.63, 3.8) is 0 Å². The second kappa shape index (κ2) is 7.32.